The summed E-state index contributed by atoms with van der Waals surface area (Å²) in [6.45, 7) is 0.359. The van der Waals surface area contributed by atoms with Crippen LogP contribution in [0.25, 0.3) is 0 Å². The molecule has 0 spiro atoms. The number of carbonyl (C=O) groups excluding carboxylic acids is 1. The van der Waals surface area contributed by atoms with Crippen LogP contribution >= 0.6 is 22.9 Å². The van der Waals surface area contributed by atoms with Gasteiger partial charge in [0.25, 0.3) is 0 Å². The highest BCUT2D eigenvalue weighted by molar-refractivity contribution is 7.07. The summed E-state index contributed by atoms with van der Waals surface area (Å²) in [6.07, 6.45) is 2.49. The molecule has 3 rings (SSSR count). The minimum Gasteiger partial charge on any atom is -0.451 e. The third-order valence-electron chi connectivity index (χ3n) is 2.95. The molecule has 0 aliphatic heterocycles. The van der Waals surface area contributed by atoms with Crippen molar-refractivity contribution in [2.24, 2.45) is 0 Å². The van der Waals surface area contributed by atoms with E-state index in [1.165, 1.54) is 17.7 Å². The number of hydrogen-bond donors (Lipinski definition) is 0. The van der Waals surface area contributed by atoms with E-state index in [-0.39, 0.29) is 0 Å². The fraction of sp³-hybridized carbons (Fsp3) is 0.143. The third-order valence-corrected chi connectivity index (χ3v) is 3.79. The topological polar surface area (TPSA) is 69.9 Å². The second-order valence-corrected chi connectivity index (χ2v) is 5.59. The normalized spacial score (nSPS) is 12.0. The van der Waals surface area contributed by atoms with Crippen molar-refractivity contribution in [3.63, 3.8) is 0 Å². The predicted octanol–water partition coefficient (Wildman–Crippen LogP) is 2.99. The van der Waals surface area contributed by atoms with Crippen molar-refractivity contribution >= 4 is 28.9 Å². The van der Waals surface area contributed by atoms with Crippen molar-refractivity contribution in [3.8, 4) is 0 Å². The highest BCUT2D eigenvalue weighted by Gasteiger charge is 2.20. The van der Waals surface area contributed by atoms with Crippen LogP contribution in [0.4, 0.5) is 0 Å². The maximum absolute atomic E-state index is 12.1. The lowest BCUT2D eigenvalue weighted by molar-refractivity contribution is 0.0240. The molecule has 8 heteroatoms. The Morgan fingerprint density at radius 1 is 1.36 bits per heavy atom. The lowest BCUT2D eigenvalue weighted by atomic mass is 10.1. The van der Waals surface area contributed by atoms with Crippen molar-refractivity contribution in [1.82, 2.24) is 19.7 Å². The lowest BCUT2D eigenvalue weighted by Gasteiger charge is -2.17. The number of rotatable bonds is 5. The van der Waals surface area contributed by atoms with Crippen molar-refractivity contribution < 1.29 is 9.53 Å². The Hall–Kier alpha value is -2.25. The second kappa shape index (κ2) is 6.67. The lowest BCUT2D eigenvalue weighted by Crippen LogP contribution is -2.17. The van der Waals surface area contributed by atoms with Crippen LogP contribution in [0.2, 0.25) is 5.02 Å². The Kier molecular flexibility index (Phi) is 4.45. The van der Waals surface area contributed by atoms with Crippen LogP contribution in [-0.2, 0) is 11.3 Å². The molecule has 0 saturated heterocycles. The highest BCUT2D eigenvalue weighted by Crippen LogP contribution is 2.23. The summed E-state index contributed by atoms with van der Waals surface area (Å²) in [5.74, 6) is -0.471. The zero-order valence-corrected chi connectivity index (χ0v) is 12.9. The molecule has 112 valence electrons. The number of nitrogens with zero attached hydrogens (tertiary/aromatic N) is 4. The third kappa shape index (κ3) is 3.49. The van der Waals surface area contributed by atoms with E-state index < -0.39 is 12.1 Å². The number of ether oxygens (including phenoxy) is 1. The van der Waals surface area contributed by atoms with Gasteiger partial charge in [-0.3, -0.25) is 0 Å². The van der Waals surface area contributed by atoms with Crippen LogP contribution in [0, 0.1) is 0 Å². The molecule has 1 unspecified atom stereocenters. The molecule has 0 radical (unpaired) electrons. The maximum Gasteiger partial charge on any atom is 0.358 e. The summed E-state index contributed by atoms with van der Waals surface area (Å²) >= 11 is 7.24. The van der Waals surface area contributed by atoms with Gasteiger partial charge in [-0.15, -0.1) is 11.3 Å². The first-order chi connectivity index (χ1) is 10.7. The number of carbonyl (C=O) groups is 1. The summed E-state index contributed by atoms with van der Waals surface area (Å²) in [7, 11) is 0. The van der Waals surface area contributed by atoms with Crippen LogP contribution in [0.1, 0.15) is 22.2 Å². The molecule has 0 aliphatic carbocycles. The molecule has 1 atom stereocenters. The predicted molar refractivity (Wildman–Crippen MR) is 81.7 cm³/mol. The summed E-state index contributed by atoms with van der Waals surface area (Å²) in [5, 5.41) is 6.31. The van der Waals surface area contributed by atoms with Gasteiger partial charge in [-0.25, -0.2) is 19.4 Å². The molecular formula is C14H11ClN4O2S. The van der Waals surface area contributed by atoms with Gasteiger partial charge in [-0.1, -0.05) is 23.7 Å². The fourth-order valence-corrected chi connectivity index (χ4v) is 2.54. The number of aromatic nitrogens is 4. The zero-order chi connectivity index (χ0) is 15.4. The van der Waals surface area contributed by atoms with E-state index in [0.717, 1.165) is 5.56 Å². The summed E-state index contributed by atoms with van der Waals surface area (Å²) in [4.78, 5) is 20.0. The first-order valence-electron chi connectivity index (χ1n) is 6.39. The average Bonchev–Trinajstić information content (AvgIpc) is 3.21. The SMILES string of the molecule is O=C(OC(Cn1cncn1)c1ccc(Cl)cc1)c1cscn1. The molecule has 0 bridgehead atoms. The Morgan fingerprint density at radius 2 is 2.18 bits per heavy atom. The molecule has 2 aromatic heterocycles. The molecule has 0 N–H and O–H groups in total. The average molecular weight is 335 g/mol. The number of hydrogen-bond acceptors (Lipinski definition) is 6. The van der Waals surface area contributed by atoms with Gasteiger partial charge in [0.1, 0.15) is 18.8 Å². The van der Waals surface area contributed by atoms with Crippen LogP contribution < -0.4 is 0 Å². The molecule has 6 nitrogen and oxygen atoms in total. The van der Waals surface area contributed by atoms with E-state index in [0.29, 0.717) is 17.3 Å². The summed E-state index contributed by atoms with van der Waals surface area (Å²) < 4.78 is 7.17. The van der Waals surface area contributed by atoms with Gasteiger partial charge in [-0.2, -0.15) is 5.10 Å². The Labute approximate surface area is 135 Å². The van der Waals surface area contributed by atoms with E-state index in [4.69, 9.17) is 16.3 Å². The number of thiazole rings is 1. The van der Waals surface area contributed by atoms with Gasteiger partial charge in [0, 0.05) is 10.4 Å². The van der Waals surface area contributed by atoms with Gasteiger partial charge in [0.05, 0.1) is 12.1 Å². The molecule has 1 aromatic carbocycles. The number of halogens is 1. The van der Waals surface area contributed by atoms with E-state index in [9.17, 15) is 4.79 Å². The quantitative estimate of drug-likeness (QED) is 0.671. The van der Waals surface area contributed by atoms with Crippen molar-refractivity contribution in [3.05, 3.63) is 64.1 Å². The monoisotopic (exact) mass is 334 g/mol. The summed E-state index contributed by atoms with van der Waals surface area (Å²) in [5.41, 5.74) is 2.71. The van der Waals surface area contributed by atoms with E-state index in [1.54, 1.807) is 34.0 Å². The minimum absolute atomic E-state index is 0.294. The molecule has 0 amide bonds. The molecule has 0 aliphatic rings. The first-order valence-corrected chi connectivity index (χ1v) is 7.71. The largest absolute Gasteiger partial charge is 0.451 e. The number of esters is 1. The molecule has 2 heterocycles. The Morgan fingerprint density at radius 3 is 2.82 bits per heavy atom. The number of benzene rings is 1. The Balaban J connectivity index is 1.82. The van der Waals surface area contributed by atoms with Crippen molar-refractivity contribution in [2.75, 3.05) is 0 Å². The highest BCUT2D eigenvalue weighted by atomic mass is 35.5. The second-order valence-electron chi connectivity index (χ2n) is 4.44. The minimum atomic E-state index is -0.506. The van der Waals surface area contributed by atoms with Crippen LogP contribution in [-0.4, -0.2) is 25.7 Å². The maximum atomic E-state index is 12.1. The molecular weight excluding hydrogens is 324 g/mol. The van der Waals surface area contributed by atoms with E-state index in [2.05, 4.69) is 15.1 Å². The van der Waals surface area contributed by atoms with Crippen molar-refractivity contribution in [2.45, 2.75) is 12.6 Å². The van der Waals surface area contributed by atoms with Gasteiger partial charge in [-0.05, 0) is 17.7 Å². The summed E-state index contributed by atoms with van der Waals surface area (Å²) in [6, 6.07) is 7.14. The smallest absolute Gasteiger partial charge is 0.358 e. The van der Waals surface area contributed by atoms with Crippen LogP contribution in [0.15, 0.2) is 47.8 Å². The van der Waals surface area contributed by atoms with Gasteiger partial charge < -0.3 is 4.74 Å². The van der Waals surface area contributed by atoms with Gasteiger partial charge in [0.15, 0.2) is 5.69 Å². The van der Waals surface area contributed by atoms with Gasteiger partial charge in [0.2, 0.25) is 0 Å². The van der Waals surface area contributed by atoms with Gasteiger partial charge >= 0.3 is 5.97 Å². The fourth-order valence-electron chi connectivity index (χ4n) is 1.89. The first kappa shape index (κ1) is 14.7. The molecule has 0 fully saturated rings. The van der Waals surface area contributed by atoms with E-state index in [1.807, 2.05) is 12.1 Å². The standard InChI is InChI=1S/C14H11ClN4O2S/c15-11-3-1-10(2-4-11)13(5-19-8-16-7-18-19)21-14(20)12-6-22-9-17-12/h1-4,6-9,13H,5H2. The molecule has 22 heavy (non-hydrogen) atoms. The Bertz CT molecular complexity index is 729. The molecule has 0 saturated carbocycles. The zero-order valence-electron chi connectivity index (χ0n) is 11.3. The van der Waals surface area contributed by atoms with E-state index >= 15 is 0 Å². The van der Waals surface area contributed by atoms with Crippen LogP contribution in [0.3, 0.4) is 0 Å². The van der Waals surface area contributed by atoms with Crippen LogP contribution in [0.5, 0.6) is 0 Å². The molecule has 3 aromatic rings. The van der Waals surface area contributed by atoms with Crippen molar-refractivity contribution in [1.29, 1.82) is 0 Å².